The van der Waals surface area contributed by atoms with E-state index in [-0.39, 0.29) is 30.9 Å². The average Bonchev–Trinajstić information content (AvgIpc) is 2.88. The summed E-state index contributed by atoms with van der Waals surface area (Å²) in [6.45, 7) is 2.38. The van der Waals surface area contributed by atoms with Gasteiger partial charge in [-0.05, 0) is 37.0 Å². The molecule has 1 aromatic carbocycles. The van der Waals surface area contributed by atoms with Crippen LogP contribution in [0.2, 0.25) is 0 Å². The number of aromatic nitrogens is 1. The molecule has 0 N–H and O–H groups in total. The van der Waals surface area contributed by atoms with Crippen LogP contribution in [0.3, 0.4) is 0 Å². The smallest absolute Gasteiger partial charge is 0.410 e. The van der Waals surface area contributed by atoms with Crippen LogP contribution < -0.4 is 4.74 Å². The molecule has 0 spiro atoms. The van der Waals surface area contributed by atoms with Crippen molar-refractivity contribution in [1.29, 1.82) is 0 Å². The fraction of sp³-hybridized carbons (Fsp3) is 0.480. The molecule has 2 aliphatic rings. The number of rotatable bonds is 6. The molecule has 3 heterocycles. The molecule has 2 aliphatic heterocycles. The Morgan fingerprint density at radius 2 is 1.76 bits per heavy atom. The van der Waals surface area contributed by atoms with Crippen molar-refractivity contribution < 1.29 is 23.8 Å². The Kier molecular flexibility index (Phi) is 8.00. The van der Waals surface area contributed by atoms with Crippen molar-refractivity contribution in [3.63, 3.8) is 0 Å². The lowest BCUT2D eigenvalue weighted by Crippen LogP contribution is -2.49. The Balaban J connectivity index is 1.21. The molecule has 2 aromatic rings. The zero-order valence-electron chi connectivity index (χ0n) is 18.8. The fourth-order valence-corrected chi connectivity index (χ4v) is 4.22. The third-order valence-electron chi connectivity index (χ3n) is 6.11. The highest BCUT2D eigenvalue weighted by Gasteiger charge is 2.32. The van der Waals surface area contributed by atoms with E-state index >= 15 is 0 Å². The molecule has 2 amide bonds. The maximum Gasteiger partial charge on any atom is 0.410 e. The van der Waals surface area contributed by atoms with E-state index in [0.717, 1.165) is 24.8 Å². The molecule has 0 radical (unpaired) electrons. The van der Waals surface area contributed by atoms with Crippen LogP contribution in [0.1, 0.15) is 37.7 Å². The van der Waals surface area contributed by atoms with E-state index < -0.39 is 0 Å². The number of nitrogens with zero attached hydrogens (tertiary/aromatic N) is 3. The quantitative estimate of drug-likeness (QED) is 0.650. The second kappa shape index (κ2) is 11.5. The monoisotopic (exact) mass is 453 g/mol. The maximum absolute atomic E-state index is 12.9. The van der Waals surface area contributed by atoms with Gasteiger partial charge in [0.25, 0.3) is 0 Å². The van der Waals surface area contributed by atoms with Gasteiger partial charge in [0, 0.05) is 38.7 Å². The van der Waals surface area contributed by atoms with Crippen LogP contribution in [-0.4, -0.2) is 65.4 Å². The summed E-state index contributed by atoms with van der Waals surface area (Å²) >= 11 is 0. The number of piperidine rings is 2. The summed E-state index contributed by atoms with van der Waals surface area (Å²) in [4.78, 5) is 32.8. The maximum atomic E-state index is 12.9. The second-order valence-corrected chi connectivity index (χ2v) is 8.45. The first-order valence-electron chi connectivity index (χ1n) is 11.6. The standard InChI is InChI=1S/C25H31N3O5/c29-24(32-18-20-7-2-1-3-8-20)27-15-11-22(12-16-27)33-25(30)28-14-5-4-9-21(28)19-31-23-10-6-13-26-17-23/h1-3,6-8,10,13,17,21-22H,4-5,9,11-12,14-16,18-19H2. The molecule has 0 bridgehead atoms. The summed E-state index contributed by atoms with van der Waals surface area (Å²) in [5.41, 5.74) is 0.957. The number of ether oxygens (including phenoxy) is 3. The summed E-state index contributed by atoms with van der Waals surface area (Å²) in [5.74, 6) is 0.697. The first-order chi connectivity index (χ1) is 16.2. The summed E-state index contributed by atoms with van der Waals surface area (Å²) in [5, 5.41) is 0. The third-order valence-corrected chi connectivity index (χ3v) is 6.11. The van der Waals surface area contributed by atoms with E-state index in [1.807, 2.05) is 42.5 Å². The minimum absolute atomic E-state index is 0.0143. The first kappa shape index (κ1) is 22.9. The lowest BCUT2D eigenvalue weighted by Gasteiger charge is -2.37. The number of carbonyl (C=O) groups excluding carboxylic acids is 2. The topological polar surface area (TPSA) is 81.2 Å². The van der Waals surface area contributed by atoms with Crippen molar-refractivity contribution in [2.24, 2.45) is 0 Å². The van der Waals surface area contributed by atoms with Crippen LogP contribution >= 0.6 is 0 Å². The molecule has 8 nitrogen and oxygen atoms in total. The summed E-state index contributed by atoms with van der Waals surface area (Å²) in [6.07, 6.45) is 6.69. The van der Waals surface area contributed by atoms with Gasteiger partial charge in [-0.3, -0.25) is 4.98 Å². The molecule has 8 heteroatoms. The molecular weight excluding hydrogens is 422 g/mol. The fourth-order valence-electron chi connectivity index (χ4n) is 4.22. The van der Waals surface area contributed by atoms with Crippen molar-refractivity contribution in [3.05, 3.63) is 60.4 Å². The zero-order chi connectivity index (χ0) is 22.9. The number of likely N-dealkylation sites (tertiary alicyclic amines) is 2. The van der Waals surface area contributed by atoms with Crippen LogP contribution in [-0.2, 0) is 16.1 Å². The summed E-state index contributed by atoms with van der Waals surface area (Å²) < 4.78 is 17.1. The summed E-state index contributed by atoms with van der Waals surface area (Å²) in [6, 6.07) is 13.3. The minimum atomic E-state index is -0.327. The average molecular weight is 454 g/mol. The van der Waals surface area contributed by atoms with Gasteiger partial charge in [0.2, 0.25) is 0 Å². The van der Waals surface area contributed by atoms with Gasteiger partial charge >= 0.3 is 12.2 Å². The van der Waals surface area contributed by atoms with E-state index in [0.29, 0.717) is 44.8 Å². The largest absolute Gasteiger partial charge is 0.490 e. The van der Waals surface area contributed by atoms with E-state index in [2.05, 4.69) is 4.98 Å². The van der Waals surface area contributed by atoms with Gasteiger partial charge < -0.3 is 24.0 Å². The van der Waals surface area contributed by atoms with Gasteiger partial charge in [-0.25, -0.2) is 9.59 Å². The molecule has 1 atom stereocenters. The molecule has 0 saturated carbocycles. The van der Waals surface area contributed by atoms with Gasteiger partial charge in [-0.15, -0.1) is 0 Å². The van der Waals surface area contributed by atoms with E-state index in [1.165, 1.54) is 0 Å². The van der Waals surface area contributed by atoms with Gasteiger partial charge in [-0.2, -0.15) is 0 Å². The highest BCUT2D eigenvalue weighted by molar-refractivity contribution is 5.69. The van der Waals surface area contributed by atoms with Crippen LogP contribution in [0.25, 0.3) is 0 Å². The summed E-state index contributed by atoms with van der Waals surface area (Å²) in [7, 11) is 0. The van der Waals surface area contributed by atoms with Gasteiger partial charge in [0.05, 0.1) is 12.2 Å². The Morgan fingerprint density at radius 1 is 0.939 bits per heavy atom. The number of pyridine rings is 1. The molecule has 1 unspecified atom stereocenters. The van der Waals surface area contributed by atoms with Crippen LogP contribution in [0.5, 0.6) is 5.75 Å². The highest BCUT2D eigenvalue weighted by atomic mass is 16.6. The SMILES string of the molecule is O=C(OCc1ccccc1)N1CCC(OC(=O)N2CCCCC2COc2cccnc2)CC1. The van der Waals surface area contributed by atoms with Gasteiger partial charge in [0.15, 0.2) is 0 Å². The zero-order valence-corrected chi connectivity index (χ0v) is 18.8. The molecule has 1 aromatic heterocycles. The third kappa shape index (κ3) is 6.60. The van der Waals surface area contributed by atoms with Crippen LogP contribution in [0, 0.1) is 0 Å². The molecule has 176 valence electrons. The van der Waals surface area contributed by atoms with Crippen LogP contribution in [0.4, 0.5) is 9.59 Å². The van der Waals surface area contributed by atoms with Gasteiger partial charge in [0.1, 0.15) is 25.1 Å². The van der Waals surface area contributed by atoms with E-state index in [1.54, 1.807) is 22.2 Å². The predicted molar refractivity (Wildman–Crippen MR) is 122 cm³/mol. The van der Waals surface area contributed by atoms with Crippen LogP contribution in [0.15, 0.2) is 54.9 Å². The second-order valence-electron chi connectivity index (χ2n) is 8.45. The van der Waals surface area contributed by atoms with Crippen molar-refractivity contribution in [3.8, 4) is 5.75 Å². The van der Waals surface area contributed by atoms with Crippen molar-refractivity contribution in [2.75, 3.05) is 26.2 Å². The highest BCUT2D eigenvalue weighted by Crippen LogP contribution is 2.22. The Morgan fingerprint density at radius 3 is 2.52 bits per heavy atom. The lowest BCUT2D eigenvalue weighted by atomic mass is 10.0. The lowest BCUT2D eigenvalue weighted by molar-refractivity contribution is 0.00750. The normalized spacial score (nSPS) is 19.1. The molecule has 33 heavy (non-hydrogen) atoms. The van der Waals surface area contributed by atoms with E-state index in [4.69, 9.17) is 14.2 Å². The van der Waals surface area contributed by atoms with Crippen molar-refractivity contribution in [1.82, 2.24) is 14.8 Å². The minimum Gasteiger partial charge on any atom is -0.490 e. The van der Waals surface area contributed by atoms with Crippen molar-refractivity contribution >= 4 is 12.2 Å². The predicted octanol–water partition coefficient (Wildman–Crippen LogP) is 4.25. The number of carbonyl (C=O) groups is 2. The number of benzene rings is 1. The molecule has 0 aliphatic carbocycles. The van der Waals surface area contributed by atoms with E-state index in [9.17, 15) is 9.59 Å². The Labute approximate surface area is 194 Å². The first-order valence-corrected chi connectivity index (χ1v) is 11.6. The Hall–Kier alpha value is -3.29. The van der Waals surface area contributed by atoms with Crippen molar-refractivity contribution in [2.45, 2.75) is 50.9 Å². The Bertz CT molecular complexity index is 887. The molecular formula is C25H31N3O5. The molecule has 2 saturated heterocycles. The molecule has 2 fully saturated rings. The van der Waals surface area contributed by atoms with Gasteiger partial charge in [-0.1, -0.05) is 30.3 Å². The number of amides is 2. The molecule has 4 rings (SSSR count). The number of hydrogen-bond donors (Lipinski definition) is 0. The number of hydrogen-bond acceptors (Lipinski definition) is 6.